The van der Waals surface area contributed by atoms with E-state index in [2.05, 4.69) is 5.32 Å². The average Bonchev–Trinajstić information content (AvgIpc) is 2.75. The van der Waals surface area contributed by atoms with Gasteiger partial charge in [0.25, 0.3) is 0 Å². The Morgan fingerprint density at radius 2 is 1.74 bits per heavy atom. The van der Waals surface area contributed by atoms with Crippen LogP contribution in [0.1, 0.15) is 33.3 Å². The number of halogens is 2. The lowest BCUT2D eigenvalue weighted by Crippen LogP contribution is -2.54. The van der Waals surface area contributed by atoms with Crippen molar-refractivity contribution in [2.45, 2.75) is 45.8 Å². The van der Waals surface area contributed by atoms with E-state index in [1.807, 2.05) is 20.8 Å². The molecule has 2 aromatic carbocycles. The first-order valence-electron chi connectivity index (χ1n) is 10.8. The van der Waals surface area contributed by atoms with E-state index >= 15 is 0 Å². The van der Waals surface area contributed by atoms with E-state index in [9.17, 15) is 18.0 Å². The second-order valence-electron chi connectivity index (χ2n) is 9.13. The SMILES string of the molecule is COc1cccc(CN(C(=O)CN(c2cccc(Cl)c2Cl)S(C)(=O)=O)[C@@H](C)C(=O)NC(C)(C)C)c1. The molecule has 0 heterocycles. The molecule has 2 aromatic rings. The first kappa shape index (κ1) is 28.7. The average molecular weight is 545 g/mol. The number of rotatable bonds is 9. The molecule has 0 saturated heterocycles. The second-order valence-corrected chi connectivity index (χ2v) is 11.8. The third-order valence-electron chi connectivity index (χ3n) is 5.03. The molecule has 0 unspecified atom stereocenters. The van der Waals surface area contributed by atoms with Crippen molar-refractivity contribution < 1.29 is 22.7 Å². The Morgan fingerprint density at radius 3 is 2.31 bits per heavy atom. The van der Waals surface area contributed by atoms with Gasteiger partial charge < -0.3 is 15.0 Å². The Bertz CT molecular complexity index is 1180. The van der Waals surface area contributed by atoms with Crippen LogP contribution in [0.5, 0.6) is 5.75 Å². The number of carbonyl (C=O) groups is 2. The third-order valence-corrected chi connectivity index (χ3v) is 6.97. The summed E-state index contributed by atoms with van der Waals surface area (Å²) in [5.74, 6) is -0.378. The van der Waals surface area contributed by atoms with Crippen LogP contribution in [0.2, 0.25) is 10.0 Å². The molecule has 0 aliphatic rings. The topological polar surface area (TPSA) is 96.0 Å². The molecule has 192 valence electrons. The zero-order valence-electron chi connectivity index (χ0n) is 20.6. The number of sulfonamides is 1. The fraction of sp³-hybridized carbons (Fsp3) is 0.417. The number of hydrogen-bond donors (Lipinski definition) is 1. The second kappa shape index (κ2) is 11.5. The van der Waals surface area contributed by atoms with E-state index in [4.69, 9.17) is 27.9 Å². The number of hydrogen-bond acceptors (Lipinski definition) is 5. The maximum atomic E-state index is 13.6. The monoisotopic (exact) mass is 543 g/mol. The molecule has 1 atom stereocenters. The number of anilines is 1. The molecule has 0 bridgehead atoms. The molecule has 0 saturated carbocycles. The maximum absolute atomic E-state index is 13.6. The molecule has 0 aliphatic carbocycles. The standard InChI is InChI=1S/C24H31Cl2N3O5S/c1-16(23(31)27-24(2,3)4)28(14-17-9-7-10-18(13-17)34-5)21(30)15-29(35(6,32)33)20-12-8-11-19(25)22(20)26/h7-13,16H,14-15H2,1-6H3,(H,27,31)/t16-/m0/s1. The summed E-state index contributed by atoms with van der Waals surface area (Å²) in [4.78, 5) is 27.9. The first-order valence-corrected chi connectivity index (χ1v) is 13.4. The molecule has 0 aliphatic heterocycles. The molecule has 1 N–H and O–H groups in total. The van der Waals surface area contributed by atoms with E-state index in [1.165, 1.54) is 24.1 Å². The lowest BCUT2D eigenvalue weighted by Gasteiger charge is -2.33. The van der Waals surface area contributed by atoms with Gasteiger partial charge in [0.05, 0.1) is 29.1 Å². The van der Waals surface area contributed by atoms with Crippen molar-refractivity contribution in [1.29, 1.82) is 0 Å². The predicted octanol–water partition coefficient (Wildman–Crippen LogP) is 4.10. The molecule has 35 heavy (non-hydrogen) atoms. The van der Waals surface area contributed by atoms with Gasteiger partial charge in [-0.3, -0.25) is 13.9 Å². The van der Waals surface area contributed by atoms with Crippen molar-refractivity contribution in [2.24, 2.45) is 0 Å². The number of benzene rings is 2. The first-order chi connectivity index (χ1) is 16.1. The summed E-state index contributed by atoms with van der Waals surface area (Å²) < 4.78 is 31.4. The fourth-order valence-corrected chi connectivity index (χ4v) is 4.61. The summed E-state index contributed by atoms with van der Waals surface area (Å²) in [5, 5.41) is 3.02. The minimum absolute atomic E-state index is 0.00487. The highest BCUT2D eigenvalue weighted by molar-refractivity contribution is 7.92. The van der Waals surface area contributed by atoms with Crippen LogP contribution < -0.4 is 14.4 Å². The Balaban J connectivity index is 2.47. The van der Waals surface area contributed by atoms with Crippen molar-refractivity contribution >= 4 is 50.7 Å². The Kier molecular flexibility index (Phi) is 9.44. The minimum atomic E-state index is -3.92. The highest BCUT2D eigenvalue weighted by atomic mass is 35.5. The van der Waals surface area contributed by atoms with Crippen LogP contribution in [-0.2, 0) is 26.2 Å². The highest BCUT2D eigenvalue weighted by Crippen LogP contribution is 2.33. The Hall–Kier alpha value is -2.49. The van der Waals surface area contributed by atoms with Gasteiger partial charge in [-0.05, 0) is 57.5 Å². The largest absolute Gasteiger partial charge is 0.497 e. The highest BCUT2D eigenvalue weighted by Gasteiger charge is 2.32. The van der Waals surface area contributed by atoms with Crippen molar-refractivity contribution in [3.63, 3.8) is 0 Å². The third kappa shape index (κ3) is 8.02. The van der Waals surface area contributed by atoms with Gasteiger partial charge in [0.15, 0.2) is 0 Å². The quantitative estimate of drug-likeness (QED) is 0.513. The summed E-state index contributed by atoms with van der Waals surface area (Å²) >= 11 is 12.3. The lowest BCUT2D eigenvalue weighted by atomic mass is 10.1. The van der Waals surface area contributed by atoms with E-state index in [-0.39, 0.29) is 28.2 Å². The van der Waals surface area contributed by atoms with E-state index in [0.717, 1.165) is 10.6 Å². The fourth-order valence-electron chi connectivity index (χ4n) is 3.30. The molecule has 0 radical (unpaired) electrons. The summed E-state index contributed by atoms with van der Waals surface area (Å²) in [5.41, 5.74) is 0.256. The van der Waals surface area contributed by atoms with Crippen LogP contribution in [0, 0.1) is 0 Å². The van der Waals surface area contributed by atoms with Crippen molar-refractivity contribution in [1.82, 2.24) is 10.2 Å². The zero-order valence-corrected chi connectivity index (χ0v) is 23.0. The van der Waals surface area contributed by atoms with E-state index in [1.54, 1.807) is 37.3 Å². The maximum Gasteiger partial charge on any atom is 0.244 e. The number of ether oxygens (including phenoxy) is 1. The van der Waals surface area contributed by atoms with Gasteiger partial charge in [0.1, 0.15) is 18.3 Å². The molecule has 0 fully saturated rings. The molecule has 0 spiro atoms. The molecular weight excluding hydrogens is 513 g/mol. The van der Waals surface area contributed by atoms with Gasteiger partial charge in [-0.25, -0.2) is 8.42 Å². The number of carbonyl (C=O) groups excluding carboxylic acids is 2. The van der Waals surface area contributed by atoms with Crippen molar-refractivity contribution in [3.05, 3.63) is 58.1 Å². The van der Waals surface area contributed by atoms with Crippen molar-refractivity contribution in [3.8, 4) is 5.75 Å². The normalized spacial score (nSPS) is 12.6. The summed E-state index contributed by atoms with van der Waals surface area (Å²) in [6.07, 6.45) is 0.972. The van der Waals surface area contributed by atoms with Crippen LogP contribution in [0.25, 0.3) is 0 Å². The summed E-state index contributed by atoms with van der Waals surface area (Å²) in [6, 6.07) is 10.7. The van der Waals surface area contributed by atoms with Crippen LogP contribution in [0.3, 0.4) is 0 Å². The van der Waals surface area contributed by atoms with Gasteiger partial charge >= 0.3 is 0 Å². The lowest BCUT2D eigenvalue weighted by molar-refractivity contribution is -0.140. The van der Waals surface area contributed by atoms with Crippen LogP contribution in [0.15, 0.2) is 42.5 Å². The molecule has 2 rings (SSSR count). The molecule has 0 aromatic heterocycles. The van der Waals surface area contributed by atoms with E-state index in [0.29, 0.717) is 11.3 Å². The predicted molar refractivity (Wildman–Crippen MR) is 140 cm³/mol. The summed E-state index contributed by atoms with van der Waals surface area (Å²) in [7, 11) is -2.39. The number of amides is 2. The van der Waals surface area contributed by atoms with Crippen LogP contribution in [0.4, 0.5) is 5.69 Å². The molecule has 11 heteroatoms. The van der Waals surface area contributed by atoms with E-state index < -0.39 is 34.1 Å². The molecule has 8 nitrogen and oxygen atoms in total. The number of methoxy groups -OCH3 is 1. The summed E-state index contributed by atoms with van der Waals surface area (Å²) in [6.45, 7) is 6.57. The Morgan fingerprint density at radius 1 is 1.11 bits per heavy atom. The van der Waals surface area contributed by atoms with Gasteiger partial charge in [-0.2, -0.15) is 0 Å². The van der Waals surface area contributed by atoms with Crippen LogP contribution >= 0.6 is 23.2 Å². The number of nitrogens with one attached hydrogen (secondary N) is 1. The van der Waals surface area contributed by atoms with Crippen molar-refractivity contribution in [2.75, 3.05) is 24.2 Å². The molecular formula is C24H31Cl2N3O5S. The van der Waals surface area contributed by atoms with Gasteiger partial charge in [-0.1, -0.05) is 41.4 Å². The number of nitrogens with zero attached hydrogens (tertiary/aromatic N) is 2. The minimum Gasteiger partial charge on any atom is -0.497 e. The van der Waals surface area contributed by atoms with Gasteiger partial charge in [-0.15, -0.1) is 0 Å². The van der Waals surface area contributed by atoms with Gasteiger partial charge in [0, 0.05) is 12.1 Å². The zero-order chi connectivity index (χ0) is 26.6. The van der Waals surface area contributed by atoms with Crippen LogP contribution in [-0.4, -0.2) is 56.6 Å². The molecule has 2 amide bonds. The smallest absolute Gasteiger partial charge is 0.244 e. The Labute approximate surface area is 217 Å². The van der Waals surface area contributed by atoms with Gasteiger partial charge in [0.2, 0.25) is 21.8 Å².